The van der Waals surface area contributed by atoms with Gasteiger partial charge in [0.15, 0.2) is 0 Å². The van der Waals surface area contributed by atoms with E-state index in [4.69, 9.17) is 23.2 Å². The average molecular weight is 306 g/mol. The summed E-state index contributed by atoms with van der Waals surface area (Å²) >= 11 is 12.2. The van der Waals surface area contributed by atoms with Gasteiger partial charge < -0.3 is 4.90 Å². The van der Waals surface area contributed by atoms with E-state index in [0.29, 0.717) is 16.5 Å². The summed E-state index contributed by atoms with van der Waals surface area (Å²) < 4.78 is 0. The van der Waals surface area contributed by atoms with Gasteiger partial charge in [-0.3, -0.25) is 4.79 Å². The first kappa shape index (κ1) is 13.5. The summed E-state index contributed by atoms with van der Waals surface area (Å²) in [5.74, 6) is 0.122. The van der Waals surface area contributed by atoms with E-state index in [1.807, 2.05) is 41.3 Å². The molecule has 1 atom stereocenters. The van der Waals surface area contributed by atoms with Gasteiger partial charge in [-0.25, -0.2) is 0 Å². The van der Waals surface area contributed by atoms with Crippen molar-refractivity contribution in [1.29, 1.82) is 0 Å². The lowest BCUT2D eigenvalue weighted by molar-refractivity contribution is -0.117. The van der Waals surface area contributed by atoms with E-state index >= 15 is 0 Å². The maximum atomic E-state index is 12.2. The molecule has 0 N–H and O–H groups in total. The van der Waals surface area contributed by atoms with Crippen molar-refractivity contribution in [2.24, 2.45) is 0 Å². The lowest BCUT2D eigenvalue weighted by Gasteiger charge is -2.26. The lowest BCUT2D eigenvalue weighted by atomic mass is 10.0. The smallest absolute Gasteiger partial charge is 0.227 e. The predicted octanol–water partition coefficient (Wildman–Crippen LogP) is 4.86. The molecule has 0 radical (unpaired) electrons. The molecule has 1 fully saturated rings. The average Bonchev–Trinajstić information content (AvgIpc) is 2.82. The van der Waals surface area contributed by atoms with Crippen LogP contribution < -0.4 is 4.90 Å². The van der Waals surface area contributed by atoms with Crippen molar-refractivity contribution in [2.45, 2.75) is 18.9 Å². The first-order valence-electron chi connectivity index (χ1n) is 6.49. The molecule has 0 aromatic heterocycles. The largest absolute Gasteiger partial charge is 0.305 e. The minimum absolute atomic E-state index is 0.00243. The van der Waals surface area contributed by atoms with E-state index in [1.54, 1.807) is 12.1 Å². The van der Waals surface area contributed by atoms with E-state index in [0.717, 1.165) is 17.7 Å². The van der Waals surface area contributed by atoms with Gasteiger partial charge in [-0.2, -0.15) is 0 Å². The van der Waals surface area contributed by atoms with Crippen LogP contribution in [-0.2, 0) is 4.79 Å². The highest BCUT2D eigenvalue weighted by molar-refractivity contribution is 6.31. The van der Waals surface area contributed by atoms with Crippen molar-refractivity contribution in [3.8, 4) is 0 Å². The van der Waals surface area contributed by atoms with Gasteiger partial charge in [-0.05, 0) is 42.3 Å². The number of halogens is 2. The molecule has 20 heavy (non-hydrogen) atoms. The molecule has 0 bridgehead atoms. The van der Waals surface area contributed by atoms with Crippen LogP contribution in [0.5, 0.6) is 0 Å². The van der Waals surface area contributed by atoms with Crippen LogP contribution in [0.2, 0.25) is 10.0 Å². The Labute approximate surface area is 127 Å². The van der Waals surface area contributed by atoms with E-state index in [-0.39, 0.29) is 11.9 Å². The number of anilines is 1. The molecular formula is C16H13Cl2NO. The van der Waals surface area contributed by atoms with E-state index in [1.165, 1.54) is 0 Å². The molecule has 0 aliphatic carbocycles. The van der Waals surface area contributed by atoms with Crippen LogP contribution in [0.4, 0.5) is 5.69 Å². The van der Waals surface area contributed by atoms with Crippen LogP contribution in [0.3, 0.4) is 0 Å². The van der Waals surface area contributed by atoms with Gasteiger partial charge in [-0.15, -0.1) is 0 Å². The van der Waals surface area contributed by atoms with Crippen LogP contribution in [0.25, 0.3) is 0 Å². The molecule has 0 spiro atoms. The molecule has 1 aliphatic rings. The Bertz CT molecular complexity index is 639. The van der Waals surface area contributed by atoms with Crippen LogP contribution in [0, 0.1) is 0 Å². The molecule has 1 unspecified atom stereocenters. The lowest BCUT2D eigenvalue weighted by Crippen LogP contribution is -2.27. The fourth-order valence-electron chi connectivity index (χ4n) is 2.65. The van der Waals surface area contributed by atoms with Crippen LogP contribution in [0.1, 0.15) is 24.4 Å². The highest BCUT2D eigenvalue weighted by Gasteiger charge is 2.34. The second kappa shape index (κ2) is 5.47. The topological polar surface area (TPSA) is 20.3 Å². The third kappa shape index (κ3) is 2.41. The highest BCUT2D eigenvalue weighted by Crippen LogP contribution is 2.39. The molecule has 2 nitrogen and oxygen atoms in total. The van der Waals surface area contributed by atoms with Gasteiger partial charge in [-0.1, -0.05) is 41.4 Å². The normalized spacial score (nSPS) is 18.6. The SMILES string of the molecule is O=C1CCC(c2ccccc2Cl)N1c1ccc(Cl)cc1. The maximum Gasteiger partial charge on any atom is 0.227 e. The molecule has 1 aliphatic heterocycles. The number of carbonyl (C=O) groups is 1. The molecule has 0 saturated carbocycles. The van der Waals surface area contributed by atoms with Gasteiger partial charge in [0, 0.05) is 22.2 Å². The Kier molecular flexibility index (Phi) is 3.68. The molecule has 4 heteroatoms. The van der Waals surface area contributed by atoms with E-state index in [2.05, 4.69) is 0 Å². The molecule has 1 saturated heterocycles. The summed E-state index contributed by atoms with van der Waals surface area (Å²) in [5, 5.41) is 1.36. The zero-order valence-corrected chi connectivity index (χ0v) is 12.2. The van der Waals surface area contributed by atoms with Crippen molar-refractivity contribution in [2.75, 3.05) is 4.90 Å². The molecule has 2 aromatic carbocycles. The third-order valence-corrected chi connectivity index (χ3v) is 4.18. The van der Waals surface area contributed by atoms with Crippen LogP contribution >= 0.6 is 23.2 Å². The van der Waals surface area contributed by atoms with Gasteiger partial charge in [0.05, 0.1) is 6.04 Å². The second-order valence-electron chi connectivity index (χ2n) is 4.82. The number of rotatable bonds is 2. The highest BCUT2D eigenvalue weighted by atomic mass is 35.5. The number of carbonyl (C=O) groups excluding carboxylic acids is 1. The van der Waals surface area contributed by atoms with Gasteiger partial charge >= 0.3 is 0 Å². The van der Waals surface area contributed by atoms with Gasteiger partial charge in [0.25, 0.3) is 0 Å². The predicted molar refractivity (Wildman–Crippen MR) is 82.4 cm³/mol. The second-order valence-corrected chi connectivity index (χ2v) is 5.66. The van der Waals surface area contributed by atoms with Crippen molar-refractivity contribution in [1.82, 2.24) is 0 Å². The quantitative estimate of drug-likeness (QED) is 0.776. The first-order valence-corrected chi connectivity index (χ1v) is 7.24. The molecule has 102 valence electrons. The molecule has 3 rings (SSSR count). The Morgan fingerprint density at radius 1 is 1.00 bits per heavy atom. The first-order chi connectivity index (χ1) is 9.66. The summed E-state index contributed by atoms with van der Waals surface area (Å²) in [4.78, 5) is 14.0. The molecule has 2 aromatic rings. The third-order valence-electron chi connectivity index (χ3n) is 3.58. The standard InChI is InChI=1S/C16H13Cl2NO/c17-11-5-7-12(8-6-11)19-15(9-10-16(19)20)13-3-1-2-4-14(13)18/h1-8,15H,9-10H2. The minimum atomic E-state index is -0.00243. The van der Waals surface area contributed by atoms with Crippen molar-refractivity contribution in [3.05, 3.63) is 64.1 Å². The van der Waals surface area contributed by atoms with Crippen molar-refractivity contribution < 1.29 is 4.79 Å². The maximum absolute atomic E-state index is 12.2. The van der Waals surface area contributed by atoms with Crippen LogP contribution in [-0.4, -0.2) is 5.91 Å². The molecule has 1 amide bonds. The summed E-state index contributed by atoms with van der Waals surface area (Å²) in [7, 11) is 0. The monoisotopic (exact) mass is 305 g/mol. The van der Waals surface area contributed by atoms with Gasteiger partial charge in [0.1, 0.15) is 0 Å². The summed E-state index contributed by atoms with van der Waals surface area (Å²) in [5.41, 5.74) is 1.86. The Balaban J connectivity index is 2.01. The zero-order chi connectivity index (χ0) is 14.1. The fraction of sp³-hybridized carbons (Fsp3) is 0.188. The minimum Gasteiger partial charge on any atom is -0.305 e. The summed E-state index contributed by atoms with van der Waals surface area (Å²) in [6.07, 6.45) is 1.32. The number of hydrogen-bond donors (Lipinski definition) is 0. The van der Waals surface area contributed by atoms with E-state index in [9.17, 15) is 4.79 Å². The summed E-state index contributed by atoms with van der Waals surface area (Å²) in [6, 6.07) is 15.0. The van der Waals surface area contributed by atoms with E-state index < -0.39 is 0 Å². The number of amides is 1. The number of nitrogens with zero attached hydrogens (tertiary/aromatic N) is 1. The zero-order valence-electron chi connectivity index (χ0n) is 10.7. The fourth-order valence-corrected chi connectivity index (χ4v) is 3.04. The molecular weight excluding hydrogens is 293 g/mol. The molecule has 1 heterocycles. The summed E-state index contributed by atoms with van der Waals surface area (Å²) in [6.45, 7) is 0. The van der Waals surface area contributed by atoms with Crippen molar-refractivity contribution >= 4 is 34.8 Å². The van der Waals surface area contributed by atoms with Gasteiger partial charge in [0.2, 0.25) is 5.91 Å². The van der Waals surface area contributed by atoms with Crippen LogP contribution in [0.15, 0.2) is 48.5 Å². The number of hydrogen-bond acceptors (Lipinski definition) is 1. The van der Waals surface area contributed by atoms with Crippen molar-refractivity contribution in [3.63, 3.8) is 0 Å². The Hall–Kier alpha value is -1.51. The Morgan fingerprint density at radius 2 is 1.70 bits per heavy atom. The number of benzene rings is 2. The Morgan fingerprint density at radius 3 is 2.40 bits per heavy atom.